The molecule has 0 aromatic carbocycles. The lowest BCUT2D eigenvalue weighted by Gasteiger charge is -2.33. The molecule has 0 unspecified atom stereocenters. The van der Waals surface area contributed by atoms with Crippen LogP contribution < -0.4 is 0 Å². The van der Waals surface area contributed by atoms with E-state index in [1.54, 1.807) is 4.90 Å². The van der Waals surface area contributed by atoms with Crippen LogP contribution in [0.25, 0.3) is 0 Å². The molecule has 2 heterocycles. The van der Waals surface area contributed by atoms with E-state index in [1.165, 1.54) is 0 Å². The van der Waals surface area contributed by atoms with E-state index in [1.807, 2.05) is 6.92 Å². The van der Waals surface area contributed by atoms with Gasteiger partial charge >= 0.3 is 5.97 Å². The van der Waals surface area contributed by atoms with Gasteiger partial charge in [0, 0.05) is 32.0 Å². The molecular formula is C13H21NO4. The van der Waals surface area contributed by atoms with Gasteiger partial charge in [-0.15, -0.1) is 0 Å². The Labute approximate surface area is 107 Å². The van der Waals surface area contributed by atoms with E-state index in [-0.39, 0.29) is 11.8 Å². The van der Waals surface area contributed by atoms with Gasteiger partial charge < -0.3 is 14.7 Å². The van der Waals surface area contributed by atoms with Crippen LogP contribution in [0.4, 0.5) is 0 Å². The smallest absolute Gasteiger partial charge is 0.311 e. The molecule has 0 bridgehead atoms. The number of hydrogen-bond donors (Lipinski definition) is 1. The van der Waals surface area contributed by atoms with Crippen LogP contribution in [0.3, 0.4) is 0 Å². The standard InChI is InChI=1S/C13H21NO4/c1-2-3-4-11(15)14-7-10-8-18-6-5-13(10,9-14)12(16)17/h10H,2-9H2,1H3,(H,16,17)/t10-,13+/m0/s1. The summed E-state index contributed by atoms with van der Waals surface area (Å²) in [6, 6.07) is 0. The second-order valence-electron chi connectivity index (χ2n) is 5.36. The number of likely N-dealkylation sites (tertiary alicyclic amines) is 1. The molecule has 0 aliphatic carbocycles. The molecule has 2 aliphatic heterocycles. The Kier molecular flexibility index (Phi) is 3.90. The van der Waals surface area contributed by atoms with Crippen molar-refractivity contribution in [2.45, 2.75) is 32.6 Å². The Morgan fingerprint density at radius 1 is 1.50 bits per heavy atom. The van der Waals surface area contributed by atoms with E-state index in [9.17, 15) is 14.7 Å². The van der Waals surface area contributed by atoms with Crippen molar-refractivity contribution in [3.05, 3.63) is 0 Å². The third-order valence-electron chi connectivity index (χ3n) is 4.23. The molecule has 2 aliphatic rings. The van der Waals surface area contributed by atoms with Gasteiger partial charge in [0.1, 0.15) is 0 Å². The van der Waals surface area contributed by atoms with Crippen molar-refractivity contribution in [1.29, 1.82) is 0 Å². The van der Waals surface area contributed by atoms with Crippen LogP contribution in [0, 0.1) is 11.3 Å². The van der Waals surface area contributed by atoms with Crippen molar-refractivity contribution in [3.63, 3.8) is 0 Å². The first kappa shape index (κ1) is 13.3. The minimum atomic E-state index is -0.776. The molecule has 2 rings (SSSR count). The molecule has 0 spiro atoms. The van der Waals surface area contributed by atoms with Crippen LogP contribution >= 0.6 is 0 Å². The molecule has 0 saturated carbocycles. The summed E-state index contributed by atoms with van der Waals surface area (Å²) in [5.41, 5.74) is -0.764. The second kappa shape index (κ2) is 5.26. The summed E-state index contributed by atoms with van der Waals surface area (Å²) < 4.78 is 5.37. The van der Waals surface area contributed by atoms with Crippen molar-refractivity contribution in [3.8, 4) is 0 Å². The Bertz CT molecular complexity index is 344. The molecule has 2 saturated heterocycles. The van der Waals surface area contributed by atoms with Crippen molar-refractivity contribution >= 4 is 11.9 Å². The molecule has 1 amide bonds. The lowest BCUT2D eigenvalue weighted by Crippen LogP contribution is -2.45. The molecule has 2 atom stereocenters. The Morgan fingerprint density at radius 2 is 2.28 bits per heavy atom. The third-order valence-corrected chi connectivity index (χ3v) is 4.23. The van der Waals surface area contributed by atoms with E-state index in [0.717, 1.165) is 12.8 Å². The summed E-state index contributed by atoms with van der Waals surface area (Å²) in [5, 5.41) is 9.48. The highest BCUT2D eigenvalue weighted by atomic mass is 16.5. The molecular weight excluding hydrogens is 234 g/mol. The minimum Gasteiger partial charge on any atom is -0.481 e. The van der Waals surface area contributed by atoms with Gasteiger partial charge in [-0.25, -0.2) is 0 Å². The fourth-order valence-corrected chi connectivity index (χ4v) is 2.98. The van der Waals surface area contributed by atoms with Gasteiger partial charge in [0.25, 0.3) is 0 Å². The van der Waals surface area contributed by atoms with Gasteiger partial charge in [-0.3, -0.25) is 9.59 Å². The topological polar surface area (TPSA) is 66.8 Å². The molecule has 102 valence electrons. The number of fused-ring (bicyclic) bond motifs is 1. The van der Waals surface area contributed by atoms with Gasteiger partial charge in [-0.1, -0.05) is 13.3 Å². The van der Waals surface area contributed by atoms with Crippen molar-refractivity contribution in [2.75, 3.05) is 26.3 Å². The highest BCUT2D eigenvalue weighted by Gasteiger charge is 2.54. The van der Waals surface area contributed by atoms with E-state index < -0.39 is 11.4 Å². The number of unbranched alkanes of at least 4 members (excludes halogenated alkanes) is 1. The number of carboxylic acid groups (broad SMARTS) is 1. The molecule has 5 nitrogen and oxygen atoms in total. The summed E-state index contributed by atoms with van der Waals surface area (Å²) in [6.45, 7) is 3.89. The molecule has 5 heteroatoms. The number of carbonyl (C=O) groups is 2. The number of ether oxygens (including phenoxy) is 1. The minimum absolute atomic E-state index is 0.0469. The Morgan fingerprint density at radius 3 is 2.89 bits per heavy atom. The average Bonchev–Trinajstić information content (AvgIpc) is 2.76. The number of carbonyl (C=O) groups excluding carboxylic acids is 1. The number of rotatable bonds is 4. The maximum atomic E-state index is 12.0. The summed E-state index contributed by atoms with van der Waals surface area (Å²) >= 11 is 0. The van der Waals surface area contributed by atoms with Crippen LogP contribution in [0.2, 0.25) is 0 Å². The van der Waals surface area contributed by atoms with Gasteiger partial charge in [0.15, 0.2) is 0 Å². The van der Waals surface area contributed by atoms with E-state index in [4.69, 9.17) is 4.74 Å². The first-order valence-corrected chi connectivity index (χ1v) is 6.69. The predicted octanol–water partition coefficient (Wildman–Crippen LogP) is 1.13. The number of hydrogen-bond acceptors (Lipinski definition) is 3. The zero-order valence-electron chi connectivity index (χ0n) is 10.9. The van der Waals surface area contributed by atoms with Crippen LogP contribution in [-0.4, -0.2) is 48.2 Å². The predicted molar refractivity (Wildman–Crippen MR) is 65.1 cm³/mol. The van der Waals surface area contributed by atoms with Gasteiger partial charge in [-0.2, -0.15) is 0 Å². The number of nitrogens with zero attached hydrogens (tertiary/aromatic N) is 1. The fraction of sp³-hybridized carbons (Fsp3) is 0.846. The second-order valence-corrected chi connectivity index (χ2v) is 5.36. The summed E-state index contributed by atoms with van der Waals surface area (Å²) in [7, 11) is 0. The zero-order chi connectivity index (χ0) is 13.2. The summed E-state index contributed by atoms with van der Waals surface area (Å²) in [5.74, 6) is -0.734. The highest BCUT2D eigenvalue weighted by molar-refractivity contribution is 5.81. The molecule has 1 N–H and O–H groups in total. The lowest BCUT2D eigenvalue weighted by molar-refractivity contribution is -0.157. The van der Waals surface area contributed by atoms with Crippen LogP contribution in [0.15, 0.2) is 0 Å². The van der Waals surface area contributed by atoms with Crippen LogP contribution in [-0.2, 0) is 14.3 Å². The van der Waals surface area contributed by atoms with Crippen LogP contribution in [0.5, 0.6) is 0 Å². The number of aliphatic carboxylic acids is 1. The molecule has 0 aromatic rings. The van der Waals surface area contributed by atoms with Crippen molar-refractivity contribution < 1.29 is 19.4 Å². The molecule has 2 fully saturated rings. The number of carboxylic acids is 1. The monoisotopic (exact) mass is 255 g/mol. The average molecular weight is 255 g/mol. The van der Waals surface area contributed by atoms with E-state index in [0.29, 0.717) is 39.1 Å². The summed E-state index contributed by atoms with van der Waals surface area (Å²) in [6.07, 6.45) is 2.90. The van der Waals surface area contributed by atoms with E-state index in [2.05, 4.69) is 0 Å². The maximum absolute atomic E-state index is 12.0. The lowest BCUT2D eigenvalue weighted by atomic mass is 9.74. The fourth-order valence-electron chi connectivity index (χ4n) is 2.98. The van der Waals surface area contributed by atoms with Crippen molar-refractivity contribution in [2.24, 2.45) is 11.3 Å². The van der Waals surface area contributed by atoms with Crippen LogP contribution in [0.1, 0.15) is 32.6 Å². The summed E-state index contributed by atoms with van der Waals surface area (Å²) in [4.78, 5) is 25.3. The zero-order valence-corrected chi connectivity index (χ0v) is 10.9. The molecule has 0 aromatic heterocycles. The quantitative estimate of drug-likeness (QED) is 0.817. The maximum Gasteiger partial charge on any atom is 0.311 e. The van der Waals surface area contributed by atoms with E-state index >= 15 is 0 Å². The first-order valence-electron chi connectivity index (χ1n) is 6.69. The first-order chi connectivity index (χ1) is 8.60. The molecule has 0 radical (unpaired) electrons. The third kappa shape index (κ3) is 2.23. The van der Waals surface area contributed by atoms with Gasteiger partial charge in [0.2, 0.25) is 5.91 Å². The normalized spacial score (nSPS) is 31.2. The largest absolute Gasteiger partial charge is 0.481 e. The Hall–Kier alpha value is -1.10. The Balaban J connectivity index is 2.06. The number of amides is 1. The van der Waals surface area contributed by atoms with Crippen molar-refractivity contribution in [1.82, 2.24) is 4.90 Å². The highest BCUT2D eigenvalue weighted by Crippen LogP contribution is 2.42. The SMILES string of the molecule is CCCCC(=O)N1C[C@H]2COCC[C@@]2(C(=O)O)C1. The van der Waals surface area contributed by atoms with Gasteiger partial charge in [-0.05, 0) is 12.8 Å². The molecule has 18 heavy (non-hydrogen) atoms. The van der Waals surface area contributed by atoms with Gasteiger partial charge in [0.05, 0.1) is 12.0 Å².